The quantitative estimate of drug-likeness (QED) is 0.323. The van der Waals surface area contributed by atoms with Crippen molar-refractivity contribution >= 4 is 32.8 Å². The first-order valence-corrected chi connectivity index (χ1v) is 14.0. The van der Waals surface area contributed by atoms with Crippen LogP contribution in [0.5, 0.6) is 0 Å². The van der Waals surface area contributed by atoms with E-state index in [1.807, 2.05) is 40.8 Å². The van der Waals surface area contributed by atoms with Gasteiger partial charge in [0.15, 0.2) is 5.65 Å². The largest absolute Gasteiger partial charge is 0.383 e. The maximum absolute atomic E-state index is 12.8. The summed E-state index contributed by atoms with van der Waals surface area (Å²) < 4.78 is 30.1. The number of nitrogens with zero attached hydrogens (tertiary/aromatic N) is 6. The minimum Gasteiger partial charge on any atom is -0.383 e. The molecule has 4 N–H and O–H groups in total. The Labute approximate surface area is 220 Å². The second kappa shape index (κ2) is 10.1. The van der Waals surface area contributed by atoms with Crippen LogP contribution in [0.25, 0.3) is 22.3 Å². The third-order valence-electron chi connectivity index (χ3n) is 6.94. The van der Waals surface area contributed by atoms with E-state index in [2.05, 4.69) is 24.9 Å². The summed E-state index contributed by atoms with van der Waals surface area (Å²) in [7, 11) is -3.72. The van der Waals surface area contributed by atoms with Crippen molar-refractivity contribution < 1.29 is 13.2 Å². The lowest BCUT2D eigenvalue weighted by Crippen LogP contribution is -2.40. The number of rotatable bonds is 7. The molecule has 0 spiro atoms. The predicted molar refractivity (Wildman–Crippen MR) is 142 cm³/mol. The molecule has 1 amide bonds. The number of nitrogens with two attached hydrogens (primary N) is 1. The maximum atomic E-state index is 12.8. The fourth-order valence-corrected chi connectivity index (χ4v) is 6.41. The van der Waals surface area contributed by atoms with E-state index in [4.69, 9.17) is 10.8 Å². The minimum absolute atomic E-state index is 0.0201. The Hall–Kier alpha value is -3.84. The lowest BCUT2D eigenvalue weighted by Gasteiger charge is -2.32. The van der Waals surface area contributed by atoms with Gasteiger partial charge in [-0.3, -0.25) is 9.89 Å². The van der Waals surface area contributed by atoms with Gasteiger partial charge >= 0.3 is 0 Å². The Kier molecular flexibility index (Phi) is 6.88. The van der Waals surface area contributed by atoms with E-state index >= 15 is 0 Å². The van der Waals surface area contributed by atoms with E-state index < -0.39 is 10.0 Å². The molecular formula is C25H31N9O3S. The molecule has 1 fully saturated rings. The van der Waals surface area contributed by atoms with E-state index in [-0.39, 0.29) is 23.4 Å². The molecule has 1 aromatic carbocycles. The minimum atomic E-state index is -3.72. The first-order valence-electron chi connectivity index (χ1n) is 12.6. The number of nitrogen functional groups attached to an aromatic ring is 1. The molecule has 1 saturated heterocycles. The fraction of sp³-hybridized carbons (Fsp3) is 0.400. The Balaban J connectivity index is 1.42. The van der Waals surface area contributed by atoms with Crippen LogP contribution in [0.2, 0.25) is 0 Å². The number of piperidine rings is 1. The number of anilines is 1. The Bertz CT molecular complexity index is 1570. The van der Waals surface area contributed by atoms with Gasteiger partial charge in [-0.1, -0.05) is 31.2 Å². The summed E-state index contributed by atoms with van der Waals surface area (Å²) in [6.45, 7) is 6.64. The van der Waals surface area contributed by atoms with Gasteiger partial charge < -0.3 is 10.6 Å². The summed E-state index contributed by atoms with van der Waals surface area (Å²) in [4.78, 5) is 23.1. The number of aryl methyl sites for hydroxylation is 2. The summed E-state index contributed by atoms with van der Waals surface area (Å²) in [5, 5.41) is 12.2. The molecule has 1 aliphatic heterocycles. The van der Waals surface area contributed by atoms with Crippen molar-refractivity contribution in [3.05, 3.63) is 47.5 Å². The molecule has 1 unspecified atom stereocenters. The van der Waals surface area contributed by atoms with Crippen LogP contribution in [-0.2, 0) is 21.4 Å². The van der Waals surface area contributed by atoms with Gasteiger partial charge in [-0.15, -0.1) is 0 Å². The van der Waals surface area contributed by atoms with Gasteiger partial charge in [-0.2, -0.15) is 10.2 Å². The topological polar surface area (TPSA) is 165 Å². The van der Waals surface area contributed by atoms with E-state index in [1.54, 1.807) is 13.8 Å². The fourth-order valence-electron chi connectivity index (χ4n) is 5.02. The van der Waals surface area contributed by atoms with Crippen LogP contribution in [-0.4, -0.2) is 62.3 Å². The van der Waals surface area contributed by atoms with Crippen molar-refractivity contribution in [1.82, 2.24) is 39.6 Å². The van der Waals surface area contributed by atoms with Crippen molar-refractivity contribution in [2.75, 3.05) is 18.8 Å². The predicted octanol–water partition coefficient (Wildman–Crippen LogP) is 2.47. The zero-order chi connectivity index (χ0) is 27.0. The molecule has 0 bridgehead atoms. The monoisotopic (exact) mass is 537 g/mol. The Morgan fingerprint density at radius 2 is 1.97 bits per heavy atom. The third-order valence-corrected chi connectivity index (χ3v) is 8.60. The van der Waals surface area contributed by atoms with Crippen molar-refractivity contribution in [2.24, 2.45) is 0 Å². The number of carbonyl (C=O) groups is 1. The van der Waals surface area contributed by atoms with Gasteiger partial charge in [-0.05, 0) is 32.3 Å². The number of hydrogen-bond donors (Lipinski definition) is 3. The number of amides is 1. The van der Waals surface area contributed by atoms with Crippen LogP contribution in [0, 0.1) is 13.8 Å². The highest BCUT2D eigenvalue weighted by molar-refractivity contribution is 7.89. The molecule has 13 heteroatoms. The van der Waals surface area contributed by atoms with E-state index in [0.717, 1.165) is 30.5 Å². The molecule has 12 nitrogen and oxygen atoms in total. The Morgan fingerprint density at radius 1 is 1.21 bits per heavy atom. The van der Waals surface area contributed by atoms with Crippen molar-refractivity contribution in [2.45, 2.75) is 57.5 Å². The normalized spacial score (nSPS) is 16.3. The first kappa shape index (κ1) is 25.8. The number of sulfonamides is 1. The molecule has 5 rings (SSSR count). The summed E-state index contributed by atoms with van der Waals surface area (Å²) in [6.07, 6.45) is 3.66. The van der Waals surface area contributed by atoms with Crippen LogP contribution >= 0.6 is 0 Å². The van der Waals surface area contributed by atoms with Crippen LogP contribution in [0.4, 0.5) is 5.82 Å². The first-order chi connectivity index (χ1) is 18.2. The smallest absolute Gasteiger partial charge is 0.244 e. The number of nitrogens with one attached hydrogen (secondary N) is 2. The van der Waals surface area contributed by atoms with Gasteiger partial charge in [0.1, 0.15) is 22.7 Å². The van der Waals surface area contributed by atoms with Crippen LogP contribution in [0.3, 0.4) is 0 Å². The van der Waals surface area contributed by atoms with Crippen LogP contribution < -0.4 is 10.5 Å². The molecule has 4 heterocycles. The van der Waals surface area contributed by atoms with E-state index in [1.165, 1.54) is 6.33 Å². The van der Waals surface area contributed by atoms with Gasteiger partial charge in [0, 0.05) is 31.6 Å². The maximum Gasteiger partial charge on any atom is 0.244 e. The number of benzene rings is 1. The standard InChI is InChI=1S/C25H31N9O3S/c1-4-20(35)33-11-5-6-19(13-33)34-25-21(24(26)27-14-28-25)22(32-34)18-9-7-17(8-10-18)12-29-38(36,37)23-15(2)30-31-16(23)3/h7-10,14,19,29H,4-6,11-13H2,1-3H3,(H,30,31)(H2,26,27,28). The average molecular weight is 538 g/mol. The number of carbonyl (C=O) groups excluding carboxylic acids is 1. The number of aromatic amines is 1. The number of likely N-dealkylation sites (tertiary alicyclic amines) is 1. The highest BCUT2D eigenvalue weighted by Gasteiger charge is 2.28. The zero-order valence-corrected chi connectivity index (χ0v) is 22.4. The van der Waals surface area contributed by atoms with E-state index in [9.17, 15) is 13.2 Å². The summed E-state index contributed by atoms with van der Waals surface area (Å²) in [5.41, 5.74) is 10.1. The van der Waals surface area contributed by atoms with Gasteiger partial charge in [-0.25, -0.2) is 27.8 Å². The molecular weight excluding hydrogens is 506 g/mol. The van der Waals surface area contributed by atoms with Crippen molar-refractivity contribution in [1.29, 1.82) is 0 Å². The summed E-state index contributed by atoms with van der Waals surface area (Å²) in [5.74, 6) is 0.459. The number of fused-ring (bicyclic) bond motifs is 1. The summed E-state index contributed by atoms with van der Waals surface area (Å²) in [6, 6.07) is 7.43. The molecule has 38 heavy (non-hydrogen) atoms. The average Bonchev–Trinajstić information content (AvgIpc) is 3.48. The number of hydrogen-bond acceptors (Lipinski definition) is 8. The van der Waals surface area contributed by atoms with Crippen LogP contribution in [0.1, 0.15) is 49.2 Å². The molecule has 4 aromatic rings. The SMILES string of the molecule is CCC(=O)N1CCCC(n2nc(-c3ccc(CNS(=O)(=O)c4c(C)n[nH]c4C)cc3)c3c(N)ncnc32)C1. The molecule has 1 aliphatic rings. The van der Waals surface area contributed by atoms with Crippen LogP contribution in [0.15, 0.2) is 35.5 Å². The molecule has 1 atom stereocenters. The molecule has 0 radical (unpaired) electrons. The number of aromatic nitrogens is 6. The molecule has 3 aromatic heterocycles. The third kappa shape index (κ3) is 4.74. The van der Waals surface area contributed by atoms with E-state index in [0.29, 0.717) is 46.9 Å². The highest BCUT2D eigenvalue weighted by atomic mass is 32.2. The van der Waals surface area contributed by atoms with Crippen molar-refractivity contribution in [3.8, 4) is 11.3 Å². The molecule has 0 aliphatic carbocycles. The highest BCUT2D eigenvalue weighted by Crippen LogP contribution is 2.34. The number of H-pyrrole nitrogens is 1. The van der Waals surface area contributed by atoms with Gasteiger partial charge in [0.25, 0.3) is 0 Å². The van der Waals surface area contributed by atoms with Gasteiger partial charge in [0.2, 0.25) is 15.9 Å². The lowest BCUT2D eigenvalue weighted by molar-refractivity contribution is -0.132. The lowest BCUT2D eigenvalue weighted by atomic mass is 10.1. The molecule has 200 valence electrons. The summed E-state index contributed by atoms with van der Waals surface area (Å²) >= 11 is 0. The zero-order valence-electron chi connectivity index (χ0n) is 21.6. The second-order valence-corrected chi connectivity index (χ2v) is 11.2. The van der Waals surface area contributed by atoms with Gasteiger partial charge in [0.05, 0.1) is 22.8 Å². The molecule has 0 saturated carbocycles. The second-order valence-electron chi connectivity index (χ2n) is 9.52. The van der Waals surface area contributed by atoms with Crippen molar-refractivity contribution in [3.63, 3.8) is 0 Å². The Morgan fingerprint density at radius 3 is 2.66 bits per heavy atom.